The molecule has 0 spiro atoms. The van der Waals surface area contributed by atoms with Crippen molar-refractivity contribution < 1.29 is 4.74 Å². The Labute approximate surface area is 124 Å². The molecule has 0 unspecified atom stereocenters. The average Bonchev–Trinajstić information content (AvgIpc) is 2.87. The fourth-order valence-electron chi connectivity index (χ4n) is 1.76. The summed E-state index contributed by atoms with van der Waals surface area (Å²) in [7, 11) is 0. The fourth-order valence-corrected chi connectivity index (χ4v) is 1.95. The maximum Gasteiger partial charge on any atom is 0.168 e. The number of nitrogens with zero attached hydrogens (tertiary/aromatic N) is 4. The van der Waals surface area contributed by atoms with E-state index in [1.54, 1.807) is 12.4 Å². The van der Waals surface area contributed by atoms with Gasteiger partial charge in [-0.05, 0) is 6.42 Å². The van der Waals surface area contributed by atoms with Crippen molar-refractivity contribution in [1.29, 1.82) is 0 Å². The van der Waals surface area contributed by atoms with E-state index < -0.39 is 0 Å². The molecule has 0 saturated heterocycles. The number of hydrogen-bond donors (Lipinski definition) is 0. The first kappa shape index (κ1) is 14.8. The summed E-state index contributed by atoms with van der Waals surface area (Å²) in [5.41, 5.74) is 0.702. The molecule has 2 heterocycles. The van der Waals surface area contributed by atoms with Crippen LogP contribution in [0.25, 0.3) is 0 Å². The van der Waals surface area contributed by atoms with Crippen molar-refractivity contribution in [1.82, 2.24) is 19.7 Å². The Balaban J connectivity index is 2.19. The van der Waals surface area contributed by atoms with Crippen molar-refractivity contribution in [2.45, 2.75) is 45.5 Å². The molecule has 0 amide bonds. The van der Waals surface area contributed by atoms with Crippen LogP contribution in [-0.4, -0.2) is 19.7 Å². The van der Waals surface area contributed by atoms with Gasteiger partial charge in [-0.3, -0.25) is 4.68 Å². The highest BCUT2D eigenvalue weighted by molar-refractivity contribution is 6.17. The van der Waals surface area contributed by atoms with Crippen LogP contribution in [0, 0.1) is 0 Å². The molecule has 5 nitrogen and oxygen atoms in total. The molecule has 108 valence electrons. The van der Waals surface area contributed by atoms with Gasteiger partial charge >= 0.3 is 0 Å². The standard InChI is InChI=1S/C14H19ClN4O/c1-4-5-19-9-11(7-17-19)20-13-8-16-14(10(2)3)18-12(13)6-15/h7-10H,4-6H2,1-3H3. The number of ether oxygens (including phenoxy) is 1. The van der Waals surface area contributed by atoms with E-state index in [2.05, 4.69) is 22.0 Å². The summed E-state index contributed by atoms with van der Waals surface area (Å²) >= 11 is 5.94. The normalized spacial score (nSPS) is 11.1. The van der Waals surface area contributed by atoms with Gasteiger partial charge in [0.05, 0.1) is 24.5 Å². The summed E-state index contributed by atoms with van der Waals surface area (Å²) in [4.78, 5) is 8.74. The van der Waals surface area contributed by atoms with Crippen LogP contribution in [0.3, 0.4) is 0 Å². The highest BCUT2D eigenvalue weighted by atomic mass is 35.5. The number of hydrogen-bond acceptors (Lipinski definition) is 4. The Kier molecular flexibility index (Phi) is 4.95. The molecule has 0 radical (unpaired) electrons. The molecule has 0 N–H and O–H groups in total. The minimum Gasteiger partial charge on any atom is -0.450 e. The van der Waals surface area contributed by atoms with E-state index in [-0.39, 0.29) is 5.92 Å². The van der Waals surface area contributed by atoms with E-state index in [0.717, 1.165) is 18.8 Å². The quantitative estimate of drug-likeness (QED) is 0.762. The largest absolute Gasteiger partial charge is 0.450 e. The van der Waals surface area contributed by atoms with Gasteiger partial charge < -0.3 is 4.74 Å². The average molecular weight is 295 g/mol. The van der Waals surface area contributed by atoms with E-state index >= 15 is 0 Å². The molecule has 6 heteroatoms. The van der Waals surface area contributed by atoms with Crippen molar-refractivity contribution >= 4 is 11.6 Å². The van der Waals surface area contributed by atoms with Gasteiger partial charge in [-0.25, -0.2) is 9.97 Å². The summed E-state index contributed by atoms with van der Waals surface area (Å²) in [6, 6.07) is 0. The van der Waals surface area contributed by atoms with Crippen molar-refractivity contribution in [3.05, 3.63) is 30.1 Å². The Morgan fingerprint density at radius 1 is 1.35 bits per heavy atom. The Hall–Kier alpha value is -1.62. The van der Waals surface area contributed by atoms with Crippen molar-refractivity contribution in [2.24, 2.45) is 0 Å². The number of halogens is 1. The van der Waals surface area contributed by atoms with Crippen LogP contribution < -0.4 is 4.74 Å². The minimum atomic E-state index is 0.262. The second-order valence-electron chi connectivity index (χ2n) is 4.87. The molecule has 0 fully saturated rings. The lowest BCUT2D eigenvalue weighted by atomic mass is 10.2. The lowest BCUT2D eigenvalue weighted by Crippen LogP contribution is -2.02. The monoisotopic (exact) mass is 294 g/mol. The summed E-state index contributed by atoms with van der Waals surface area (Å²) in [5, 5.41) is 4.22. The van der Waals surface area contributed by atoms with E-state index in [1.165, 1.54) is 0 Å². The van der Waals surface area contributed by atoms with Gasteiger partial charge in [0, 0.05) is 12.5 Å². The lowest BCUT2D eigenvalue weighted by molar-refractivity contribution is 0.468. The zero-order valence-electron chi connectivity index (χ0n) is 12.0. The molecule has 2 aromatic rings. The highest BCUT2D eigenvalue weighted by Gasteiger charge is 2.11. The zero-order valence-corrected chi connectivity index (χ0v) is 12.8. The third-order valence-electron chi connectivity index (χ3n) is 2.78. The first-order valence-electron chi connectivity index (χ1n) is 6.76. The van der Waals surface area contributed by atoms with Gasteiger partial charge in [0.15, 0.2) is 11.5 Å². The van der Waals surface area contributed by atoms with Gasteiger partial charge in [0.25, 0.3) is 0 Å². The summed E-state index contributed by atoms with van der Waals surface area (Å²) in [6.45, 7) is 7.06. The third kappa shape index (κ3) is 3.48. The van der Waals surface area contributed by atoms with Gasteiger partial charge in [-0.2, -0.15) is 5.10 Å². The second kappa shape index (κ2) is 6.70. The number of alkyl halides is 1. The van der Waals surface area contributed by atoms with Crippen LogP contribution in [-0.2, 0) is 12.4 Å². The molecule has 0 atom stereocenters. The summed E-state index contributed by atoms with van der Waals surface area (Å²) < 4.78 is 7.62. The molecule has 0 saturated carbocycles. The van der Waals surface area contributed by atoms with Crippen molar-refractivity contribution in [3.63, 3.8) is 0 Å². The molecule has 0 bridgehead atoms. The van der Waals surface area contributed by atoms with Crippen LogP contribution in [0.15, 0.2) is 18.6 Å². The second-order valence-corrected chi connectivity index (χ2v) is 5.14. The van der Waals surface area contributed by atoms with Crippen LogP contribution in [0.5, 0.6) is 11.5 Å². The molecule has 0 aliphatic carbocycles. The van der Waals surface area contributed by atoms with E-state index in [1.807, 2.05) is 24.7 Å². The Morgan fingerprint density at radius 3 is 2.80 bits per heavy atom. The minimum absolute atomic E-state index is 0.262. The number of rotatable bonds is 6. The van der Waals surface area contributed by atoms with E-state index in [0.29, 0.717) is 23.1 Å². The molecule has 2 aromatic heterocycles. The topological polar surface area (TPSA) is 52.8 Å². The Morgan fingerprint density at radius 2 is 2.15 bits per heavy atom. The zero-order chi connectivity index (χ0) is 14.5. The molecule has 0 aliphatic heterocycles. The molecular weight excluding hydrogens is 276 g/mol. The van der Waals surface area contributed by atoms with Gasteiger partial charge in [-0.1, -0.05) is 20.8 Å². The van der Waals surface area contributed by atoms with E-state index in [9.17, 15) is 0 Å². The molecule has 0 aliphatic rings. The first-order valence-corrected chi connectivity index (χ1v) is 7.29. The highest BCUT2D eigenvalue weighted by Crippen LogP contribution is 2.25. The Bertz CT molecular complexity index is 568. The maximum atomic E-state index is 5.94. The summed E-state index contributed by atoms with van der Waals surface area (Å²) in [6.07, 6.45) is 6.25. The fraction of sp³-hybridized carbons (Fsp3) is 0.500. The summed E-state index contributed by atoms with van der Waals surface area (Å²) in [5.74, 6) is 2.58. The van der Waals surface area contributed by atoms with Crippen LogP contribution in [0.2, 0.25) is 0 Å². The number of aromatic nitrogens is 4. The van der Waals surface area contributed by atoms with Gasteiger partial charge in [0.1, 0.15) is 11.5 Å². The van der Waals surface area contributed by atoms with Crippen LogP contribution >= 0.6 is 11.6 Å². The molecule has 0 aromatic carbocycles. The lowest BCUT2D eigenvalue weighted by Gasteiger charge is -2.09. The predicted molar refractivity (Wildman–Crippen MR) is 78.3 cm³/mol. The number of aryl methyl sites for hydroxylation is 1. The smallest absolute Gasteiger partial charge is 0.168 e. The van der Waals surface area contributed by atoms with Crippen LogP contribution in [0.4, 0.5) is 0 Å². The van der Waals surface area contributed by atoms with Gasteiger partial charge in [0.2, 0.25) is 0 Å². The predicted octanol–water partition coefficient (Wildman–Crippen LogP) is 3.74. The van der Waals surface area contributed by atoms with E-state index in [4.69, 9.17) is 16.3 Å². The molecular formula is C14H19ClN4O. The maximum absolute atomic E-state index is 5.94. The molecule has 20 heavy (non-hydrogen) atoms. The SMILES string of the molecule is CCCn1cc(Oc2cnc(C(C)C)nc2CCl)cn1. The first-order chi connectivity index (χ1) is 9.63. The third-order valence-corrected chi connectivity index (χ3v) is 3.03. The van der Waals surface area contributed by atoms with Crippen molar-refractivity contribution in [3.8, 4) is 11.5 Å². The molecule has 2 rings (SSSR count). The van der Waals surface area contributed by atoms with Crippen LogP contribution in [0.1, 0.15) is 44.6 Å². The van der Waals surface area contributed by atoms with Crippen molar-refractivity contribution in [2.75, 3.05) is 0 Å². The van der Waals surface area contributed by atoms with Gasteiger partial charge in [-0.15, -0.1) is 11.6 Å².